The van der Waals surface area contributed by atoms with Crippen molar-refractivity contribution >= 4 is 39.3 Å². The molecule has 2 aromatic rings. The number of benzene rings is 2. The number of hydrogen-bond acceptors (Lipinski definition) is 6. The van der Waals surface area contributed by atoms with Gasteiger partial charge < -0.3 is 9.84 Å². The lowest BCUT2D eigenvalue weighted by Crippen LogP contribution is -2.39. The number of hydrogen-bond donors (Lipinski definition) is 1. The van der Waals surface area contributed by atoms with Crippen LogP contribution < -0.4 is 4.74 Å². The van der Waals surface area contributed by atoms with Crippen molar-refractivity contribution in [3.8, 4) is 11.5 Å². The van der Waals surface area contributed by atoms with Gasteiger partial charge in [0, 0.05) is 41.3 Å². The number of imide groups is 1. The predicted octanol–water partition coefficient (Wildman–Crippen LogP) is 5.14. The number of phenolic OH excluding ortho intramolecular Hbond substituents is 1. The number of ether oxygens (including phenoxy) is 1. The van der Waals surface area contributed by atoms with Crippen molar-refractivity contribution in [2.75, 3.05) is 6.54 Å². The Balaban J connectivity index is 1.41. The molecule has 6 rings (SSSR count). The summed E-state index contributed by atoms with van der Waals surface area (Å²) in [6.45, 7) is 2.61. The highest BCUT2D eigenvalue weighted by atomic mass is 79.9. The zero-order valence-corrected chi connectivity index (χ0v) is 23.5. The topological polar surface area (TPSA) is 101 Å². The normalized spacial score (nSPS) is 25.8. The molecule has 2 aromatic carbocycles. The van der Waals surface area contributed by atoms with E-state index in [2.05, 4.69) is 15.9 Å². The van der Waals surface area contributed by atoms with E-state index < -0.39 is 23.7 Å². The number of ketones is 2. The average molecular weight is 602 g/mol. The minimum Gasteiger partial charge on any atom is -0.507 e. The number of nitrogens with zero attached hydrogens (tertiary/aromatic N) is 1. The molecule has 204 valence electrons. The first-order chi connectivity index (χ1) is 19.3. The Morgan fingerprint density at radius 1 is 1.02 bits per heavy atom. The summed E-state index contributed by atoms with van der Waals surface area (Å²) in [5, 5.41) is 11.2. The highest BCUT2D eigenvalue weighted by molar-refractivity contribution is 9.12. The number of rotatable bonds is 6. The Morgan fingerprint density at radius 3 is 2.52 bits per heavy atom. The van der Waals surface area contributed by atoms with Gasteiger partial charge in [-0.25, -0.2) is 0 Å². The van der Waals surface area contributed by atoms with Crippen LogP contribution in [-0.2, 0) is 25.8 Å². The van der Waals surface area contributed by atoms with Crippen molar-refractivity contribution in [3.05, 3.63) is 93.0 Å². The maximum Gasteiger partial charge on any atom is 0.233 e. The first kappa shape index (κ1) is 26.4. The van der Waals surface area contributed by atoms with Crippen LogP contribution in [0.1, 0.15) is 43.2 Å². The Kier molecular flexibility index (Phi) is 6.82. The first-order valence-electron chi connectivity index (χ1n) is 13.5. The van der Waals surface area contributed by atoms with Gasteiger partial charge >= 0.3 is 0 Å². The summed E-state index contributed by atoms with van der Waals surface area (Å²) in [5.41, 5.74) is 2.91. The molecule has 40 heavy (non-hydrogen) atoms. The van der Waals surface area contributed by atoms with Gasteiger partial charge in [0.2, 0.25) is 11.8 Å². The number of Topliss-reactive ketones (excluding diaryl/α,β-unsaturated/α-hetero) is 1. The second-order valence-electron chi connectivity index (χ2n) is 10.7. The van der Waals surface area contributed by atoms with Gasteiger partial charge in [-0.1, -0.05) is 55.0 Å². The monoisotopic (exact) mass is 601 g/mol. The summed E-state index contributed by atoms with van der Waals surface area (Å²) in [4.78, 5) is 54.7. The summed E-state index contributed by atoms with van der Waals surface area (Å²) in [7, 11) is 0. The van der Waals surface area contributed by atoms with Crippen LogP contribution in [0.5, 0.6) is 11.5 Å². The zero-order chi connectivity index (χ0) is 28.1. The van der Waals surface area contributed by atoms with Crippen LogP contribution in [0.25, 0.3) is 0 Å². The molecule has 1 heterocycles. The van der Waals surface area contributed by atoms with E-state index in [0.29, 0.717) is 48.5 Å². The molecule has 0 bridgehead atoms. The molecule has 4 unspecified atom stereocenters. The molecule has 1 aliphatic heterocycles. The fraction of sp³-hybridized carbons (Fsp3) is 0.312. The van der Waals surface area contributed by atoms with Gasteiger partial charge in [0.15, 0.2) is 11.6 Å². The number of fused-ring (bicyclic) bond motifs is 3. The number of likely N-dealkylation sites (tertiary alicyclic amines) is 1. The molecular weight excluding hydrogens is 574 g/mol. The fourth-order valence-corrected chi connectivity index (χ4v) is 7.12. The highest BCUT2D eigenvalue weighted by Crippen LogP contribution is 2.56. The Morgan fingerprint density at radius 2 is 1.80 bits per heavy atom. The molecule has 1 N–H and O–H groups in total. The number of carbonyl (C=O) groups is 4. The lowest BCUT2D eigenvalue weighted by atomic mass is 9.59. The van der Waals surface area contributed by atoms with Crippen molar-refractivity contribution in [2.24, 2.45) is 17.8 Å². The van der Waals surface area contributed by atoms with Crippen LogP contribution in [0.4, 0.5) is 0 Å². The second kappa shape index (κ2) is 10.3. The van der Waals surface area contributed by atoms with E-state index >= 15 is 0 Å². The third-order valence-corrected chi connectivity index (χ3v) is 9.02. The van der Waals surface area contributed by atoms with E-state index in [0.717, 1.165) is 11.1 Å². The van der Waals surface area contributed by atoms with E-state index in [4.69, 9.17) is 4.74 Å². The summed E-state index contributed by atoms with van der Waals surface area (Å²) in [6, 6.07) is 14.6. The van der Waals surface area contributed by atoms with Crippen molar-refractivity contribution in [2.45, 2.75) is 38.7 Å². The van der Waals surface area contributed by atoms with E-state index in [-0.39, 0.29) is 40.0 Å². The summed E-state index contributed by atoms with van der Waals surface area (Å²) < 4.78 is 6.06. The number of phenols is 1. The largest absolute Gasteiger partial charge is 0.507 e. The van der Waals surface area contributed by atoms with Gasteiger partial charge in [-0.05, 0) is 52.7 Å². The molecule has 0 saturated carbocycles. The Hall–Kier alpha value is -3.78. The van der Waals surface area contributed by atoms with Gasteiger partial charge in [0.05, 0.1) is 16.3 Å². The SMILES string of the molecule is CCCN1C(=O)C2CC=C3C(c4ccc(OCc5ccccc5)cc4O)C4=C(CC3C2C1=O)C(=O)C(Br)=CC4=O. The maximum absolute atomic E-state index is 13.5. The van der Waals surface area contributed by atoms with Gasteiger partial charge in [0.1, 0.15) is 18.1 Å². The molecule has 0 spiro atoms. The molecule has 2 amide bonds. The smallest absolute Gasteiger partial charge is 0.233 e. The third-order valence-electron chi connectivity index (χ3n) is 8.43. The van der Waals surface area contributed by atoms with Crippen LogP contribution in [-0.4, -0.2) is 39.9 Å². The Bertz CT molecular complexity index is 1540. The average Bonchev–Trinajstić information content (AvgIpc) is 3.20. The Labute approximate surface area is 240 Å². The predicted molar refractivity (Wildman–Crippen MR) is 150 cm³/mol. The van der Waals surface area contributed by atoms with Crippen molar-refractivity contribution < 1.29 is 29.0 Å². The molecule has 4 atom stereocenters. The number of halogens is 1. The molecule has 1 fully saturated rings. The molecular formula is C32H28BrNO6. The fourth-order valence-electron chi connectivity index (χ4n) is 6.67. The van der Waals surface area contributed by atoms with Gasteiger partial charge in [-0.15, -0.1) is 0 Å². The summed E-state index contributed by atoms with van der Waals surface area (Å²) in [6.07, 6.45) is 4.47. The van der Waals surface area contributed by atoms with E-state index in [1.54, 1.807) is 12.1 Å². The maximum atomic E-state index is 13.5. The van der Waals surface area contributed by atoms with Crippen LogP contribution in [0.3, 0.4) is 0 Å². The highest BCUT2D eigenvalue weighted by Gasteiger charge is 2.56. The molecule has 7 nitrogen and oxygen atoms in total. The number of allylic oxidation sites excluding steroid dienone is 6. The minimum absolute atomic E-state index is 0.0682. The number of aromatic hydroxyl groups is 1. The standard InChI is InChI=1S/C32H28BrNO6/c1-2-12-34-31(38)21-11-10-19-22(28(21)32(34)39)14-23-29(26(36)15-24(33)30(23)37)27(19)20-9-8-18(13-25(20)35)40-16-17-6-4-3-5-7-17/h3-10,13,15,21-22,27-28,35H,2,11-12,14,16H2,1H3. The van der Waals surface area contributed by atoms with Crippen molar-refractivity contribution in [3.63, 3.8) is 0 Å². The second-order valence-corrected chi connectivity index (χ2v) is 11.6. The summed E-state index contributed by atoms with van der Waals surface area (Å²) in [5.74, 6) is -2.81. The van der Waals surface area contributed by atoms with E-state index in [1.165, 1.54) is 17.0 Å². The van der Waals surface area contributed by atoms with Crippen LogP contribution in [0, 0.1) is 17.8 Å². The van der Waals surface area contributed by atoms with E-state index in [1.807, 2.05) is 43.3 Å². The van der Waals surface area contributed by atoms with Gasteiger partial charge in [0.25, 0.3) is 0 Å². The van der Waals surface area contributed by atoms with Crippen molar-refractivity contribution in [1.29, 1.82) is 0 Å². The first-order valence-corrected chi connectivity index (χ1v) is 14.3. The molecule has 0 radical (unpaired) electrons. The van der Waals surface area contributed by atoms with Crippen LogP contribution >= 0.6 is 15.9 Å². The molecule has 0 aromatic heterocycles. The van der Waals surface area contributed by atoms with Gasteiger partial charge in [-0.2, -0.15) is 0 Å². The third kappa shape index (κ3) is 4.25. The molecule has 8 heteroatoms. The van der Waals surface area contributed by atoms with E-state index in [9.17, 15) is 24.3 Å². The molecule has 4 aliphatic rings. The molecule has 1 saturated heterocycles. The zero-order valence-electron chi connectivity index (χ0n) is 21.9. The van der Waals surface area contributed by atoms with Gasteiger partial charge in [-0.3, -0.25) is 24.1 Å². The van der Waals surface area contributed by atoms with Crippen molar-refractivity contribution in [1.82, 2.24) is 4.90 Å². The lowest BCUT2D eigenvalue weighted by Gasteiger charge is -2.42. The quantitative estimate of drug-likeness (QED) is 0.279. The van der Waals surface area contributed by atoms with Crippen LogP contribution in [0.15, 0.2) is 81.9 Å². The number of carbonyl (C=O) groups excluding carboxylic acids is 4. The minimum atomic E-state index is -0.714. The summed E-state index contributed by atoms with van der Waals surface area (Å²) >= 11 is 3.24. The molecule has 3 aliphatic carbocycles. The number of amides is 2. The lowest BCUT2D eigenvalue weighted by molar-refractivity contribution is -0.140. The van der Waals surface area contributed by atoms with Crippen LogP contribution in [0.2, 0.25) is 0 Å².